The number of fused-ring (bicyclic) bond motifs is 1. The van der Waals surface area contributed by atoms with Gasteiger partial charge >= 0.3 is 0 Å². The summed E-state index contributed by atoms with van der Waals surface area (Å²) >= 11 is 1.87. The highest BCUT2D eigenvalue weighted by Gasteiger charge is 2.26. The van der Waals surface area contributed by atoms with Gasteiger partial charge in [0.2, 0.25) is 0 Å². The van der Waals surface area contributed by atoms with Crippen molar-refractivity contribution in [2.75, 3.05) is 20.1 Å². The average Bonchev–Trinajstić information content (AvgIpc) is 2.68. The van der Waals surface area contributed by atoms with E-state index >= 15 is 0 Å². The monoisotopic (exact) mass is 351 g/mol. The Morgan fingerprint density at radius 1 is 1.04 bits per heavy atom. The smallest absolute Gasteiger partial charge is 0.164 e. The van der Waals surface area contributed by atoms with Crippen molar-refractivity contribution in [3.8, 4) is 0 Å². The molecule has 25 heavy (non-hydrogen) atoms. The summed E-state index contributed by atoms with van der Waals surface area (Å²) in [7, 11) is 2.22. The van der Waals surface area contributed by atoms with E-state index in [4.69, 9.17) is 4.99 Å². The second kappa shape index (κ2) is 7.63. The number of hydrogen-bond acceptors (Lipinski definition) is 4. The Kier molecular flexibility index (Phi) is 5.09. The predicted molar refractivity (Wildman–Crippen MR) is 107 cm³/mol. The van der Waals surface area contributed by atoms with Crippen LogP contribution in [0, 0.1) is 0 Å². The van der Waals surface area contributed by atoms with Crippen molar-refractivity contribution in [1.29, 1.82) is 0 Å². The highest BCUT2D eigenvalue weighted by molar-refractivity contribution is 8.13. The number of likely N-dealkylation sites (tertiary alicyclic amines) is 1. The van der Waals surface area contributed by atoms with Crippen LogP contribution in [0.3, 0.4) is 0 Å². The molecule has 0 radical (unpaired) electrons. The summed E-state index contributed by atoms with van der Waals surface area (Å²) in [6.07, 6.45) is 2.43. The number of benzene rings is 2. The first-order valence-corrected chi connectivity index (χ1v) is 10.1. The molecular formula is C21H25N3S. The second-order valence-electron chi connectivity index (χ2n) is 6.92. The summed E-state index contributed by atoms with van der Waals surface area (Å²) in [6.45, 7) is 3.40. The highest BCUT2D eigenvalue weighted by atomic mass is 32.2. The normalized spacial score (nSPS) is 18.5. The van der Waals surface area contributed by atoms with Crippen LogP contribution in [0.15, 0.2) is 59.6 Å². The fraction of sp³-hybridized carbons (Fsp3) is 0.381. The lowest BCUT2D eigenvalue weighted by Crippen LogP contribution is -2.44. The van der Waals surface area contributed by atoms with E-state index in [1.165, 1.54) is 42.2 Å². The molecule has 2 aromatic carbocycles. The van der Waals surface area contributed by atoms with Gasteiger partial charge in [0.1, 0.15) is 0 Å². The van der Waals surface area contributed by atoms with Crippen LogP contribution in [0.1, 0.15) is 24.0 Å². The highest BCUT2D eigenvalue weighted by Crippen LogP contribution is 2.33. The van der Waals surface area contributed by atoms with Gasteiger partial charge in [-0.2, -0.15) is 0 Å². The number of thioether (sulfide) groups is 1. The van der Waals surface area contributed by atoms with Gasteiger partial charge in [0.25, 0.3) is 0 Å². The molecule has 0 amide bonds. The zero-order chi connectivity index (χ0) is 17.1. The average molecular weight is 352 g/mol. The Bertz CT molecular complexity index is 736. The van der Waals surface area contributed by atoms with Crippen molar-refractivity contribution >= 4 is 22.6 Å². The number of rotatable bonds is 3. The molecule has 2 aliphatic rings. The molecule has 0 N–H and O–H groups in total. The van der Waals surface area contributed by atoms with Crippen LogP contribution in [0.4, 0.5) is 5.69 Å². The number of piperidine rings is 1. The molecule has 3 nitrogen and oxygen atoms in total. The third-order valence-corrected chi connectivity index (χ3v) is 6.31. The molecule has 4 rings (SSSR count). The van der Waals surface area contributed by atoms with E-state index in [0.717, 1.165) is 18.0 Å². The number of para-hydroxylation sites is 1. The number of amidine groups is 1. The zero-order valence-electron chi connectivity index (χ0n) is 14.8. The Labute approximate surface area is 154 Å². The first kappa shape index (κ1) is 16.7. The molecule has 0 bridgehead atoms. The van der Waals surface area contributed by atoms with Gasteiger partial charge in [0, 0.05) is 38.5 Å². The molecule has 0 unspecified atom stereocenters. The molecule has 0 aromatic heterocycles. The van der Waals surface area contributed by atoms with Crippen molar-refractivity contribution in [2.45, 2.75) is 31.2 Å². The second-order valence-corrected chi connectivity index (χ2v) is 7.86. The van der Waals surface area contributed by atoms with Crippen LogP contribution in [-0.2, 0) is 12.3 Å². The summed E-state index contributed by atoms with van der Waals surface area (Å²) in [4.78, 5) is 9.89. The summed E-state index contributed by atoms with van der Waals surface area (Å²) in [5.41, 5.74) is 3.91. The largest absolute Gasteiger partial charge is 0.351 e. The molecule has 0 aliphatic carbocycles. The SMILES string of the molecule is CN(C1=Nc2ccccc2CS1)C1CCN(Cc2ccccc2)CC1. The van der Waals surface area contributed by atoms with Gasteiger partial charge in [0.05, 0.1) is 5.69 Å². The number of aliphatic imine (C=N–C) groups is 1. The van der Waals surface area contributed by atoms with Crippen molar-refractivity contribution in [3.63, 3.8) is 0 Å². The van der Waals surface area contributed by atoms with Crippen LogP contribution < -0.4 is 0 Å². The molecule has 2 aromatic rings. The van der Waals surface area contributed by atoms with E-state index in [0.29, 0.717) is 6.04 Å². The number of hydrogen-bond donors (Lipinski definition) is 0. The Hall–Kier alpha value is -1.78. The van der Waals surface area contributed by atoms with E-state index in [2.05, 4.69) is 71.4 Å². The van der Waals surface area contributed by atoms with Gasteiger partial charge in [-0.15, -0.1) is 0 Å². The molecule has 2 aliphatic heterocycles. The standard InChI is InChI=1S/C21H25N3S/c1-23(21-22-20-10-6-5-9-18(20)16-25-21)19-11-13-24(14-12-19)15-17-7-3-2-4-8-17/h2-10,19H,11-16H2,1H3. The van der Waals surface area contributed by atoms with Gasteiger partial charge < -0.3 is 4.90 Å². The fourth-order valence-corrected chi connectivity index (χ4v) is 4.71. The third kappa shape index (κ3) is 3.91. The summed E-state index contributed by atoms with van der Waals surface area (Å²) in [5, 5.41) is 1.18. The van der Waals surface area contributed by atoms with Crippen molar-refractivity contribution in [3.05, 3.63) is 65.7 Å². The Balaban J connectivity index is 1.36. The molecule has 0 saturated carbocycles. The zero-order valence-corrected chi connectivity index (χ0v) is 15.6. The maximum atomic E-state index is 4.90. The molecule has 4 heteroatoms. The van der Waals surface area contributed by atoms with Crippen LogP contribution in [0.25, 0.3) is 0 Å². The summed E-state index contributed by atoms with van der Waals surface area (Å²) in [5.74, 6) is 1.03. The van der Waals surface area contributed by atoms with Crippen LogP contribution in [0.5, 0.6) is 0 Å². The van der Waals surface area contributed by atoms with E-state index in [9.17, 15) is 0 Å². The quantitative estimate of drug-likeness (QED) is 0.810. The van der Waals surface area contributed by atoms with Crippen LogP contribution in [0.2, 0.25) is 0 Å². The van der Waals surface area contributed by atoms with E-state index in [1.54, 1.807) is 0 Å². The van der Waals surface area contributed by atoms with Gasteiger partial charge in [-0.25, -0.2) is 4.99 Å². The number of nitrogens with zero attached hydrogens (tertiary/aromatic N) is 3. The summed E-state index contributed by atoms with van der Waals surface area (Å²) in [6, 6.07) is 19.9. The van der Waals surface area contributed by atoms with Crippen molar-refractivity contribution in [2.24, 2.45) is 4.99 Å². The topological polar surface area (TPSA) is 18.8 Å². The molecule has 1 fully saturated rings. The molecule has 2 heterocycles. The minimum absolute atomic E-state index is 0.600. The third-order valence-electron chi connectivity index (χ3n) is 5.22. The van der Waals surface area contributed by atoms with E-state index in [1.807, 2.05) is 11.8 Å². The molecule has 0 atom stereocenters. The lowest BCUT2D eigenvalue weighted by molar-refractivity contribution is 0.161. The maximum Gasteiger partial charge on any atom is 0.164 e. The van der Waals surface area contributed by atoms with Crippen molar-refractivity contribution < 1.29 is 0 Å². The Morgan fingerprint density at radius 3 is 2.56 bits per heavy atom. The minimum atomic E-state index is 0.600. The summed E-state index contributed by atoms with van der Waals surface area (Å²) < 4.78 is 0. The van der Waals surface area contributed by atoms with Crippen molar-refractivity contribution in [1.82, 2.24) is 9.80 Å². The predicted octanol–water partition coefficient (Wildman–Crippen LogP) is 4.52. The molecule has 0 spiro atoms. The fourth-order valence-electron chi connectivity index (χ4n) is 3.66. The molecule has 130 valence electrons. The van der Waals surface area contributed by atoms with Crippen LogP contribution >= 0.6 is 11.8 Å². The van der Waals surface area contributed by atoms with Crippen LogP contribution in [-0.4, -0.2) is 41.1 Å². The first-order valence-electron chi connectivity index (χ1n) is 9.08. The molecule has 1 saturated heterocycles. The minimum Gasteiger partial charge on any atom is -0.351 e. The van der Waals surface area contributed by atoms with Gasteiger partial charge in [-0.1, -0.05) is 60.3 Å². The lowest BCUT2D eigenvalue weighted by atomic mass is 10.0. The van der Waals surface area contributed by atoms with E-state index in [-0.39, 0.29) is 0 Å². The van der Waals surface area contributed by atoms with Gasteiger partial charge in [-0.05, 0) is 30.0 Å². The molecular weight excluding hydrogens is 326 g/mol. The van der Waals surface area contributed by atoms with Gasteiger partial charge in [-0.3, -0.25) is 4.90 Å². The van der Waals surface area contributed by atoms with Gasteiger partial charge in [0.15, 0.2) is 5.17 Å². The maximum absolute atomic E-state index is 4.90. The Morgan fingerprint density at radius 2 is 1.76 bits per heavy atom. The lowest BCUT2D eigenvalue weighted by Gasteiger charge is -2.38. The van der Waals surface area contributed by atoms with E-state index < -0.39 is 0 Å². The first-order chi connectivity index (χ1) is 12.3.